The lowest BCUT2D eigenvalue weighted by molar-refractivity contribution is 0.0692. The van der Waals surface area contributed by atoms with Crippen LogP contribution in [0, 0.1) is 5.82 Å². The first-order valence-electron chi connectivity index (χ1n) is 6.79. The zero-order valence-electron chi connectivity index (χ0n) is 11.5. The maximum absolute atomic E-state index is 13.6. The number of nitrogens with zero attached hydrogens (tertiary/aromatic N) is 1. The molecular weight excluding hydrogens is 261 g/mol. The van der Waals surface area contributed by atoms with E-state index in [4.69, 9.17) is 10.8 Å². The maximum atomic E-state index is 13.6. The Morgan fingerprint density at radius 2 is 2.15 bits per heavy atom. The zero-order chi connectivity index (χ0) is 14.7. The van der Waals surface area contributed by atoms with Gasteiger partial charge in [0.1, 0.15) is 5.82 Å². The highest BCUT2D eigenvalue weighted by Gasteiger charge is 2.18. The van der Waals surface area contributed by atoms with E-state index in [2.05, 4.69) is 17.1 Å². The summed E-state index contributed by atoms with van der Waals surface area (Å²) >= 11 is 0. The first-order valence-corrected chi connectivity index (χ1v) is 6.79. The molecule has 0 aliphatic carbocycles. The van der Waals surface area contributed by atoms with Gasteiger partial charge < -0.3 is 16.2 Å². The molecule has 110 valence electrons. The Morgan fingerprint density at radius 1 is 1.50 bits per heavy atom. The number of halogens is 1. The molecule has 1 unspecified atom stereocenters. The van der Waals surface area contributed by atoms with Gasteiger partial charge in [-0.2, -0.15) is 0 Å². The zero-order valence-corrected chi connectivity index (χ0v) is 11.5. The van der Waals surface area contributed by atoms with Crippen molar-refractivity contribution in [3.63, 3.8) is 0 Å². The second-order valence-electron chi connectivity index (χ2n) is 5.20. The van der Waals surface area contributed by atoms with E-state index in [1.807, 2.05) is 0 Å². The Hall–Kier alpha value is -1.82. The summed E-state index contributed by atoms with van der Waals surface area (Å²) in [5.41, 5.74) is 6.05. The molecule has 2 rings (SSSR count). The lowest BCUT2D eigenvalue weighted by atomic mass is 10.1. The smallest absolute Gasteiger partial charge is 0.338 e. The fraction of sp³-hybridized carbons (Fsp3) is 0.500. The van der Waals surface area contributed by atoms with Crippen molar-refractivity contribution in [2.24, 2.45) is 0 Å². The normalized spacial score (nSPS) is 17.1. The van der Waals surface area contributed by atoms with Crippen LogP contribution in [0.2, 0.25) is 0 Å². The molecule has 0 bridgehead atoms. The summed E-state index contributed by atoms with van der Waals surface area (Å²) in [4.78, 5) is 13.2. The topological polar surface area (TPSA) is 78.6 Å². The Morgan fingerprint density at radius 3 is 2.75 bits per heavy atom. The van der Waals surface area contributed by atoms with Crippen molar-refractivity contribution in [3.8, 4) is 0 Å². The van der Waals surface area contributed by atoms with E-state index in [-0.39, 0.29) is 5.69 Å². The predicted octanol–water partition coefficient (Wildman–Crippen LogP) is 2.00. The van der Waals surface area contributed by atoms with Crippen LogP contribution in [-0.4, -0.2) is 41.7 Å². The molecule has 1 aliphatic heterocycles. The highest BCUT2D eigenvalue weighted by molar-refractivity contribution is 5.90. The lowest BCUT2D eigenvalue weighted by Gasteiger charge is -2.24. The Kier molecular flexibility index (Phi) is 4.44. The number of rotatable bonds is 5. The SMILES string of the molecule is CC(CNc1cc(F)c(C(=O)O)cc1N)N1CCCC1. The van der Waals surface area contributed by atoms with E-state index in [9.17, 15) is 9.18 Å². The summed E-state index contributed by atoms with van der Waals surface area (Å²) in [6.45, 7) is 4.93. The molecule has 1 fully saturated rings. The van der Waals surface area contributed by atoms with Crippen molar-refractivity contribution < 1.29 is 14.3 Å². The van der Waals surface area contributed by atoms with Gasteiger partial charge in [0.05, 0.1) is 16.9 Å². The van der Waals surface area contributed by atoms with Crippen LogP contribution in [0.25, 0.3) is 0 Å². The average Bonchev–Trinajstić information content (AvgIpc) is 2.92. The minimum atomic E-state index is -1.31. The van der Waals surface area contributed by atoms with Gasteiger partial charge in [-0.3, -0.25) is 4.90 Å². The number of carbonyl (C=O) groups is 1. The van der Waals surface area contributed by atoms with E-state index in [0.29, 0.717) is 18.3 Å². The van der Waals surface area contributed by atoms with Crippen LogP contribution < -0.4 is 11.1 Å². The van der Waals surface area contributed by atoms with E-state index in [1.165, 1.54) is 12.8 Å². The number of hydrogen-bond acceptors (Lipinski definition) is 4. The minimum absolute atomic E-state index is 0.248. The Balaban J connectivity index is 2.02. The maximum Gasteiger partial charge on any atom is 0.338 e. The average molecular weight is 281 g/mol. The lowest BCUT2D eigenvalue weighted by Crippen LogP contribution is -2.35. The summed E-state index contributed by atoms with van der Waals surface area (Å²) in [6.07, 6.45) is 2.43. The van der Waals surface area contributed by atoms with Gasteiger partial charge >= 0.3 is 5.97 Å². The quantitative estimate of drug-likeness (QED) is 0.719. The van der Waals surface area contributed by atoms with Crippen LogP contribution >= 0.6 is 0 Å². The molecule has 0 radical (unpaired) electrons. The van der Waals surface area contributed by atoms with E-state index < -0.39 is 17.3 Å². The monoisotopic (exact) mass is 281 g/mol. The number of nitrogens with two attached hydrogens (primary N) is 1. The molecule has 6 heteroatoms. The van der Waals surface area contributed by atoms with Crippen molar-refractivity contribution in [2.75, 3.05) is 30.7 Å². The molecule has 5 nitrogen and oxygen atoms in total. The summed E-state index contributed by atoms with van der Waals surface area (Å²) < 4.78 is 13.6. The molecule has 0 spiro atoms. The number of carboxylic acid groups (broad SMARTS) is 1. The largest absolute Gasteiger partial charge is 0.478 e. The van der Waals surface area contributed by atoms with Crippen LogP contribution in [0.15, 0.2) is 12.1 Å². The summed E-state index contributed by atoms with van der Waals surface area (Å²) in [7, 11) is 0. The van der Waals surface area contributed by atoms with Gasteiger partial charge in [-0.05, 0) is 45.0 Å². The second kappa shape index (κ2) is 6.09. The predicted molar refractivity (Wildman–Crippen MR) is 76.5 cm³/mol. The van der Waals surface area contributed by atoms with Crippen LogP contribution in [0.4, 0.5) is 15.8 Å². The summed E-state index contributed by atoms with van der Waals surface area (Å²) in [5.74, 6) is -2.09. The second-order valence-corrected chi connectivity index (χ2v) is 5.20. The molecular formula is C14H20FN3O2. The summed E-state index contributed by atoms with van der Waals surface area (Å²) in [5, 5.41) is 11.9. The summed E-state index contributed by atoms with van der Waals surface area (Å²) in [6, 6.07) is 2.63. The third kappa shape index (κ3) is 3.19. The number of likely N-dealkylation sites (tertiary alicyclic amines) is 1. The first kappa shape index (κ1) is 14.6. The van der Waals surface area contributed by atoms with Crippen molar-refractivity contribution >= 4 is 17.3 Å². The number of anilines is 2. The Bertz CT molecular complexity index is 501. The van der Waals surface area contributed by atoms with Crippen molar-refractivity contribution in [3.05, 3.63) is 23.5 Å². The number of benzene rings is 1. The number of nitrogen functional groups attached to an aromatic ring is 1. The fourth-order valence-electron chi connectivity index (χ4n) is 2.48. The van der Waals surface area contributed by atoms with E-state index in [1.54, 1.807) is 0 Å². The highest BCUT2D eigenvalue weighted by atomic mass is 19.1. The molecule has 1 aliphatic rings. The van der Waals surface area contributed by atoms with E-state index >= 15 is 0 Å². The highest BCUT2D eigenvalue weighted by Crippen LogP contribution is 2.23. The molecule has 1 heterocycles. The number of nitrogens with one attached hydrogen (secondary N) is 1. The van der Waals surface area contributed by atoms with Gasteiger partial charge in [0.25, 0.3) is 0 Å². The van der Waals surface area contributed by atoms with Gasteiger partial charge in [-0.1, -0.05) is 0 Å². The van der Waals surface area contributed by atoms with Gasteiger partial charge in [-0.25, -0.2) is 9.18 Å². The third-order valence-electron chi connectivity index (χ3n) is 3.72. The molecule has 1 saturated heterocycles. The van der Waals surface area contributed by atoms with E-state index in [0.717, 1.165) is 25.2 Å². The molecule has 1 aromatic rings. The van der Waals surface area contributed by atoms with Gasteiger partial charge in [0.2, 0.25) is 0 Å². The molecule has 20 heavy (non-hydrogen) atoms. The fourth-order valence-corrected chi connectivity index (χ4v) is 2.48. The van der Waals surface area contributed by atoms with Crippen molar-refractivity contribution in [1.82, 2.24) is 4.90 Å². The number of hydrogen-bond donors (Lipinski definition) is 3. The molecule has 1 atom stereocenters. The van der Waals surface area contributed by atoms with Gasteiger partial charge in [-0.15, -0.1) is 0 Å². The number of carboxylic acids is 1. The van der Waals surface area contributed by atoms with Gasteiger partial charge in [0.15, 0.2) is 0 Å². The molecule has 0 aromatic heterocycles. The van der Waals surface area contributed by atoms with Crippen LogP contribution in [0.3, 0.4) is 0 Å². The number of aromatic carboxylic acids is 1. The van der Waals surface area contributed by atoms with Crippen LogP contribution in [0.5, 0.6) is 0 Å². The molecule has 0 saturated carbocycles. The molecule has 1 aromatic carbocycles. The van der Waals surface area contributed by atoms with Crippen LogP contribution in [-0.2, 0) is 0 Å². The minimum Gasteiger partial charge on any atom is -0.478 e. The first-order chi connectivity index (χ1) is 9.49. The third-order valence-corrected chi connectivity index (χ3v) is 3.72. The Labute approximate surface area is 117 Å². The molecule has 4 N–H and O–H groups in total. The van der Waals surface area contributed by atoms with Crippen molar-refractivity contribution in [2.45, 2.75) is 25.8 Å². The van der Waals surface area contributed by atoms with Crippen molar-refractivity contribution in [1.29, 1.82) is 0 Å². The molecule has 0 amide bonds. The van der Waals surface area contributed by atoms with Crippen LogP contribution in [0.1, 0.15) is 30.1 Å². The standard InChI is InChI=1S/C14H20FN3O2/c1-9(18-4-2-3-5-18)8-17-13-7-11(15)10(14(19)20)6-12(13)16/h6-7,9,17H,2-5,8,16H2,1H3,(H,19,20). The van der Waals surface area contributed by atoms with Gasteiger partial charge in [0, 0.05) is 12.6 Å².